The van der Waals surface area contributed by atoms with Gasteiger partial charge in [-0.25, -0.2) is 0 Å². The summed E-state index contributed by atoms with van der Waals surface area (Å²) in [6.45, 7) is 0. The van der Waals surface area contributed by atoms with Crippen LogP contribution in [0.5, 0.6) is 0 Å². The molecule has 0 aromatic carbocycles. The molecule has 0 fully saturated rings. The maximum Gasteiger partial charge on any atom is 2.00 e. The monoisotopic (exact) mass is 367 g/mol. The first-order chi connectivity index (χ1) is 5.73. The molecule has 0 aliphatic carbocycles. The van der Waals surface area contributed by atoms with E-state index in [1.165, 1.54) is 0 Å². The van der Waals surface area contributed by atoms with Crippen LogP contribution in [0.1, 0.15) is 0 Å². The van der Waals surface area contributed by atoms with E-state index in [0.717, 1.165) is 0 Å². The molecule has 0 aliphatic heterocycles. The molecule has 0 aliphatic rings. The minimum absolute atomic E-state index is 0. The second kappa shape index (κ2) is 13.8. The SMILES string of the molecule is O=S(=O)([O-])[O-].O=S(=O)([O-])[O-].OB(O)O.[Mn+2].[Ni+2]. The van der Waals surface area contributed by atoms with E-state index < -0.39 is 28.1 Å². The second-order valence-electron chi connectivity index (χ2n) is 1.16. The Balaban J connectivity index is -0.0000000358. The predicted molar refractivity (Wildman–Crippen MR) is 33.4 cm³/mol. The Morgan fingerprint density at radius 1 is 0.750 bits per heavy atom. The molecule has 0 rings (SSSR count). The zero-order valence-electron chi connectivity index (χ0n) is 6.70. The van der Waals surface area contributed by atoms with E-state index in [-0.39, 0.29) is 33.6 Å². The fourth-order valence-electron chi connectivity index (χ4n) is 0. The smallest absolute Gasteiger partial charge is 0.759 e. The van der Waals surface area contributed by atoms with Gasteiger partial charge in [-0.15, -0.1) is 0 Å². The van der Waals surface area contributed by atoms with Crippen LogP contribution in [0.25, 0.3) is 0 Å². The van der Waals surface area contributed by atoms with Crippen LogP contribution in [0, 0.1) is 0 Å². The van der Waals surface area contributed by atoms with Gasteiger partial charge in [-0.3, -0.25) is 16.8 Å². The van der Waals surface area contributed by atoms with Crippen LogP contribution in [0.2, 0.25) is 0 Å². The van der Waals surface area contributed by atoms with Crippen molar-refractivity contribution in [3.05, 3.63) is 0 Å². The third-order valence-electron chi connectivity index (χ3n) is 0. The van der Waals surface area contributed by atoms with Crippen LogP contribution in [-0.2, 0) is 54.4 Å². The van der Waals surface area contributed by atoms with E-state index in [0.29, 0.717) is 0 Å². The van der Waals surface area contributed by atoms with Crippen LogP contribution in [0.4, 0.5) is 0 Å². The molecule has 1 radical (unpaired) electrons. The van der Waals surface area contributed by atoms with E-state index in [4.69, 9.17) is 50.1 Å². The van der Waals surface area contributed by atoms with Crippen LogP contribution >= 0.6 is 0 Å². The largest absolute Gasteiger partial charge is 2.00 e. The van der Waals surface area contributed by atoms with Gasteiger partial charge in [0, 0.05) is 20.8 Å². The van der Waals surface area contributed by atoms with Crippen molar-refractivity contribution in [2.45, 2.75) is 0 Å². The van der Waals surface area contributed by atoms with Gasteiger partial charge in [0.1, 0.15) is 0 Å². The molecular formula is H3BMnNiO11S2. The fourth-order valence-corrected chi connectivity index (χ4v) is 0. The van der Waals surface area contributed by atoms with E-state index in [1.807, 2.05) is 0 Å². The van der Waals surface area contributed by atoms with E-state index >= 15 is 0 Å². The van der Waals surface area contributed by atoms with Gasteiger partial charge in [0.25, 0.3) is 0 Å². The molecule has 16 heteroatoms. The normalized spacial score (nSPS) is 8.94. The molecule has 0 heterocycles. The molecule has 0 saturated carbocycles. The fraction of sp³-hybridized carbons (Fsp3) is 0. The Morgan fingerprint density at radius 2 is 0.750 bits per heavy atom. The number of hydrogen-bond acceptors (Lipinski definition) is 11. The van der Waals surface area contributed by atoms with Gasteiger partial charge >= 0.3 is 40.9 Å². The summed E-state index contributed by atoms with van der Waals surface area (Å²) in [5.74, 6) is 0. The first-order valence-electron chi connectivity index (χ1n) is 2.11. The Labute approximate surface area is 112 Å². The van der Waals surface area contributed by atoms with Gasteiger partial charge in [-0.2, -0.15) is 0 Å². The molecule has 3 N–H and O–H groups in total. The third-order valence-corrected chi connectivity index (χ3v) is 0. The van der Waals surface area contributed by atoms with Gasteiger partial charge < -0.3 is 33.3 Å². The van der Waals surface area contributed by atoms with Gasteiger partial charge in [-0.05, 0) is 0 Å². The van der Waals surface area contributed by atoms with Crippen LogP contribution in [0.15, 0.2) is 0 Å². The van der Waals surface area contributed by atoms with Crippen molar-refractivity contribution >= 4 is 28.1 Å². The minimum atomic E-state index is -5.17. The Hall–Kier alpha value is 0.698. The average Bonchev–Trinajstić information content (AvgIpc) is 1.45. The van der Waals surface area contributed by atoms with E-state index in [2.05, 4.69) is 0 Å². The summed E-state index contributed by atoms with van der Waals surface area (Å²) in [5, 5.41) is 21.5. The molecule has 0 aromatic heterocycles. The first-order valence-corrected chi connectivity index (χ1v) is 4.77. The number of hydrogen-bond donors (Lipinski definition) is 3. The molecule has 0 aromatic rings. The van der Waals surface area contributed by atoms with Gasteiger partial charge in [0.2, 0.25) is 0 Å². The zero-order chi connectivity index (χ0) is 12.6. The van der Waals surface area contributed by atoms with Crippen molar-refractivity contribution in [1.82, 2.24) is 0 Å². The van der Waals surface area contributed by atoms with Crippen molar-refractivity contribution in [1.29, 1.82) is 0 Å². The maximum atomic E-state index is 8.52. The van der Waals surface area contributed by atoms with E-state index in [9.17, 15) is 0 Å². The van der Waals surface area contributed by atoms with Crippen LogP contribution in [0.3, 0.4) is 0 Å². The summed E-state index contributed by atoms with van der Waals surface area (Å²) in [6.07, 6.45) is 0. The van der Waals surface area contributed by atoms with Crippen molar-refractivity contribution in [2.24, 2.45) is 0 Å². The van der Waals surface area contributed by atoms with Crippen molar-refractivity contribution < 1.29 is 83.7 Å². The Morgan fingerprint density at radius 3 is 0.750 bits per heavy atom. The van der Waals surface area contributed by atoms with Gasteiger partial charge in [0.15, 0.2) is 0 Å². The first kappa shape index (κ1) is 30.1. The predicted octanol–water partition coefficient (Wildman–Crippen LogP) is -4.73. The molecule has 101 valence electrons. The minimum Gasteiger partial charge on any atom is -0.759 e. The summed E-state index contributed by atoms with van der Waals surface area (Å²) in [6, 6.07) is 0. The Bertz CT molecular complexity index is 254. The molecule has 0 atom stereocenters. The van der Waals surface area contributed by atoms with Crippen molar-refractivity contribution in [3.8, 4) is 0 Å². The van der Waals surface area contributed by atoms with E-state index in [1.54, 1.807) is 0 Å². The quantitative estimate of drug-likeness (QED) is 0.209. The summed E-state index contributed by atoms with van der Waals surface area (Å²) >= 11 is 0. The second-order valence-corrected chi connectivity index (χ2v) is 2.80. The number of rotatable bonds is 0. The third kappa shape index (κ3) is 5660. The molecule has 0 saturated heterocycles. The van der Waals surface area contributed by atoms with Crippen molar-refractivity contribution in [2.75, 3.05) is 0 Å². The topological polar surface area (TPSA) is 221 Å². The van der Waals surface area contributed by atoms with Gasteiger partial charge in [0.05, 0.1) is 0 Å². The summed E-state index contributed by atoms with van der Waals surface area (Å²) in [5.41, 5.74) is 0. The van der Waals surface area contributed by atoms with Crippen molar-refractivity contribution in [3.63, 3.8) is 0 Å². The molecular weight excluding hydrogens is 365 g/mol. The zero-order valence-corrected chi connectivity index (χ0v) is 10.5. The molecule has 0 spiro atoms. The molecule has 16 heavy (non-hydrogen) atoms. The Kier molecular flexibility index (Phi) is 25.9. The van der Waals surface area contributed by atoms with Crippen LogP contribution < -0.4 is 0 Å². The molecule has 0 amide bonds. The van der Waals surface area contributed by atoms with Crippen LogP contribution in [-0.4, -0.2) is 57.4 Å². The maximum absolute atomic E-state index is 8.52. The summed E-state index contributed by atoms with van der Waals surface area (Å²) in [4.78, 5) is 0. The molecule has 0 unspecified atom stereocenters. The standard InChI is InChI=1S/BH3O3.Mn.Ni.2H2O4S/c2-1(3)4;;;2*1-5(2,3)4/h2-4H;;;2*(H2,1,2,3,4)/q;2*+2;;/p-4. The average molecular weight is 368 g/mol. The molecule has 11 nitrogen and oxygen atoms in total. The van der Waals surface area contributed by atoms with Gasteiger partial charge in [-0.1, -0.05) is 0 Å². The summed E-state index contributed by atoms with van der Waals surface area (Å²) in [7, 11) is -12.5. The molecule has 0 bridgehead atoms. The summed E-state index contributed by atoms with van der Waals surface area (Å²) < 4.78 is 68.2.